The van der Waals surface area contributed by atoms with Crippen molar-refractivity contribution in [2.45, 2.75) is 37.3 Å². The number of alkyl halides is 1. The number of fused-ring (bicyclic) bond motifs is 1. The molecule has 0 radical (unpaired) electrons. The van der Waals surface area contributed by atoms with Gasteiger partial charge >= 0.3 is 6.04 Å². The zero-order chi connectivity index (χ0) is 14.5. The smallest absolute Gasteiger partial charge is 0.339 e. The average molecular weight is 282 g/mol. The summed E-state index contributed by atoms with van der Waals surface area (Å²) in [6, 6.07) is -3.38. The van der Waals surface area contributed by atoms with Gasteiger partial charge in [-0.1, -0.05) is 12.8 Å². The van der Waals surface area contributed by atoms with E-state index < -0.39 is 11.6 Å². The molecule has 3 rings (SSSR count). The van der Waals surface area contributed by atoms with E-state index in [1.807, 2.05) is 0 Å². The first-order valence-corrected chi connectivity index (χ1v) is 6.25. The van der Waals surface area contributed by atoms with Gasteiger partial charge in [0.15, 0.2) is 11.5 Å². The highest BCUT2D eigenvalue weighted by atomic mass is 19.2. The number of aromatic nitrogens is 4. The third-order valence-electron chi connectivity index (χ3n) is 3.92. The van der Waals surface area contributed by atoms with Gasteiger partial charge in [-0.2, -0.15) is 14.4 Å². The van der Waals surface area contributed by atoms with Crippen molar-refractivity contribution in [3.63, 3.8) is 0 Å². The number of anilines is 2. The molecular weight excluding hydrogens is 267 g/mol. The van der Waals surface area contributed by atoms with Crippen LogP contribution < -0.4 is 11.5 Å². The fourth-order valence-electron chi connectivity index (χ4n) is 2.92. The molecule has 9 heteroatoms. The van der Waals surface area contributed by atoms with Crippen molar-refractivity contribution in [3.05, 3.63) is 6.33 Å². The Morgan fingerprint density at radius 3 is 2.50 bits per heavy atom. The van der Waals surface area contributed by atoms with Crippen LogP contribution in [0.5, 0.6) is 0 Å². The van der Waals surface area contributed by atoms with Crippen LogP contribution in [-0.2, 0) is 5.54 Å². The maximum absolute atomic E-state index is 14.0. The zero-order valence-corrected chi connectivity index (χ0v) is 10.6. The van der Waals surface area contributed by atoms with Crippen LogP contribution in [0.3, 0.4) is 0 Å². The summed E-state index contributed by atoms with van der Waals surface area (Å²) in [6.07, 6.45) is 3.14. The van der Waals surface area contributed by atoms with E-state index in [0.29, 0.717) is 12.8 Å². The van der Waals surface area contributed by atoms with Crippen LogP contribution in [0, 0.1) is 0 Å². The summed E-state index contributed by atoms with van der Waals surface area (Å²) in [5.74, 6) is -0.00929. The molecule has 0 spiro atoms. The lowest BCUT2D eigenvalue weighted by molar-refractivity contribution is -0.319. The third kappa shape index (κ3) is 1.63. The summed E-state index contributed by atoms with van der Waals surface area (Å²) >= 11 is 0. The minimum absolute atomic E-state index is 0.0692. The van der Waals surface area contributed by atoms with Gasteiger partial charge < -0.3 is 26.2 Å². The fraction of sp³-hybridized carbons (Fsp3) is 0.545. The van der Waals surface area contributed by atoms with E-state index in [4.69, 9.17) is 11.5 Å². The monoisotopic (exact) mass is 282 g/mol. The predicted molar refractivity (Wildman–Crippen MR) is 68.9 cm³/mol. The number of halogens is 1. The predicted octanol–water partition coefficient (Wildman–Crippen LogP) is -0.132. The van der Waals surface area contributed by atoms with E-state index in [1.165, 1.54) is 10.9 Å². The standard InChI is InChI=1S/C11H15FN6O2/c12-11(19,20)10(3-1-2-4-10)18-5-15-6-7(13)16-9(14)17-8(6)18/h5,19-20H,1-4H2,(H4,13,14,16,17). The molecule has 1 aliphatic carbocycles. The normalized spacial score (nSPS) is 18.8. The van der Waals surface area contributed by atoms with E-state index in [9.17, 15) is 14.6 Å². The summed E-state index contributed by atoms with van der Waals surface area (Å²) in [5.41, 5.74) is 10.2. The lowest BCUT2D eigenvalue weighted by Gasteiger charge is -2.36. The Morgan fingerprint density at radius 2 is 1.90 bits per heavy atom. The molecule has 0 atom stereocenters. The second-order valence-electron chi connectivity index (χ2n) is 5.08. The fourth-order valence-corrected chi connectivity index (χ4v) is 2.92. The molecule has 1 fully saturated rings. The number of rotatable bonds is 2. The first-order valence-electron chi connectivity index (χ1n) is 6.25. The van der Waals surface area contributed by atoms with Gasteiger partial charge in [-0.3, -0.25) is 0 Å². The van der Waals surface area contributed by atoms with E-state index in [0.717, 1.165) is 0 Å². The number of nitrogen functional groups attached to an aromatic ring is 2. The Balaban J connectivity index is 2.28. The number of nitrogens with two attached hydrogens (primary N) is 2. The van der Waals surface area contributed by atoms with Crippen molar-refractivity contribution < 1.29 is 14.6 Å². The third-order valence-corrected chi connectivity index (χ3v) is 3.92. The highest BCUT2D eigenvalue weighted by Gasteiger charge is 2.54. The highest BCUT2D eigenvalue weighted by Crippen LogP contribution is 2.45. The van der Waals surface area contributed by atoms with Gasteiger partial charge in [-0.05, 0) is 12.8 Å². The van der Waals surface area contributed by atoms with Gasteiger partial charge in [0.2, 0.25) is 5.95 Å². The number of nitrogens with zero attached hydrogens (tertiary/aromatic N) is 4. The van der Waals surface area contributed by atoms with Crippen molar-refractivity contribution in [2.24, 2.45) is 0 Å². The van der Waals surface area contributed by atoms with Crippen molar-refractivity contribution in [2.75, 3.05) is 11.5 Å². The second-order valence-corrected chi connectivity index (χ2v) is 5.08. The van der Waals surface area contributed by atoms with Crippen molar-refractivity contribution in [1.29, 1.82) is 0 Å². The molecule has 0 saturated heterocycles. The Hall–Kier alpha value is -2.00. The number of hydrogen-bond donors (Lipinski definition) is 4. The second kappa shape index (κ2) is 4.00. The molecule has 2 heterocycles. The molecule has 0 bridgehead atoms. The lowest BCUT2D eigenvalue weighted by Crippen LogP contribution is -2.50. The van der Waals surface area contributed by atoms with Crippen LogP contribution in [-0.4, -0.2) is 35.8 Å². The maximum atomic E-state index is 14.0. The molecule has 0 amide bonds. The number of imidazole rings is 1. The van der Waals surface area contributed by atoms with Crippen molar-refractivity contribution in [1.82, 2.24) is 19.5 Å². The van der Waals surface area contributed by atoms with Crippen molar-refractivity contribution >= 4 is 22.9 Å². The van der Waals surface area contributed by atoms with Gasteiger partial charge in [0.1, 0.15) is 11.1 Å². The molecule has 20 heavy (non-hydrogen) atoms. The van der Waals surface area contributed by atoms with E-state index in [2.05, 4.69) is 15.0 Å². The van der Waals surface area contributed by atoms with E-state index in [1.54, 1.807) is 0 Å². The molecule has 2 aromatic rings. The average Bonchev–Trinajstić information content (AvgIpc) is 2.92. The van der Waals surface area contributed by atoms with Crippen LogP contribution in [0.15, 0.2) is 6.33 Å². The SMILES string of the molecule is Nc1nc(N)c2ncn(C3(C(O)(O)F)CCCC3)c2n1. The van der Waals surface area contributed by atoms with Crippen LogP contribution in [0.1, 0.15) is 25.7 Å². The Kier molecular flexibility index (Phi) is 2.60. The van der Waals surface area contributed by atoms with Gasteiger partial charge in [-0.25, -0.2) is 4.98 Å². The van der Waals surface area contributed by atoms with Crippen LogP contribution in [0.2, 0.25) is 0 Å². The maximum Gasteiger partial charge on any atom is 0.339 e. The van der Waals surface area contributed by atoms with Gasteiger partial charge in [0.25, 0.3) is 0 Å². The highest BCUT2D eigenvalue weighted by molar-refractivity contribution is 5.82. The summed E-state index contributed by atoms with van der Waals surface area (Å²) in [7, 11) is 0. The first-order chi connectivity index (χ1) is 9.35. The van der Waals surface area contributed by atoms with Crippen LogP contribution in [0.25, 0.3) is 11.2 Å². The number of aliphatic hydroxyl groups is 2. The molecule has 8 nitrogen and oxygen atoms in total. The lowest BCUT2D eigenvalue weighted by atomic mass is 9.94. The zero-order valence-electron chi connectivity index (χ0n) is 10.6. The summed E-state index contributed by atoms with van der Waals surface area (Å²) < 4.78 is 15.3. The van der Waals surface area contributed by atoms with Gasteiger partial charge in [0.05, 0.1) is 6.33 Å². The van der Waals surface area contributed by atoms with Crippen molar-refractivity contribution in [3.8, 4) is 0 Å². The molecule has 108 valence electrons. The molecule has 1 aliphatic rings. The van der Waals surface area contributed by atoms with Gasteiger partial charge in [-0.15, -0.1) is 0 Å². The summed E-state index contributed by atoms with van der Waals surface area (Å²) in [5, 5.41) is 19.1. The Morgan fingerprint density at radius 1 is 1.25 bits per heavy atom. The topological polar surface area (TPSA) is 136 Å². The van der Waals surface area contributed by atoms with Crippen LogP contribution >= 0.6 is 0 Å². The molecule has 0 unspecified atom stereocenters. The van der Waals surface area contributed by atoms with E-state index >= 15 is 0 Å². The first kappa shape index (κ1) is 13.0. The number of hydrogen-bond acceptors (Lipinski definition) is 7. The minimum Gasteiger partial charge on any atom is -0.382 e. The van der Waals surface area contributed by atoms with Gasteiger partial charge in [0, 0.05) is 0 Å². The molecule has 1 saturated carbocycles. The Labute approximate surface area is 113 Å². The largest absolute Gasteiger partial charge is 0.382 e. The van der Waals surface area contributed by atoms with E-state index in [-0.39, 0.29) is 35.8 Å². The summed E-state index contributed by atoms with van der Waals surface area (Å²) in [6.45, 7) is 0. The summed E-state index contributed by atoms with van der Waals surface area (Å²) in [4.78, 5) is 11.8. The Bertz CT molecular complexity index is 659. The van der Waals surface area contributed by atoms with Crippen LogP contribution in [0.4, 0.5) is 16.2 Å². The quantitative estimate of drug-likeness (QED) is 0.563. The molecule has 0 aromatic carbocycles. The molecule has 6 N–H and O–H groups in total. The molecular formula is C11H15FN6O2. The molecule has 2 aromatic heterocycles. The molecule has 0 aliphatic heterocycles. The minimum atomic E-state index is -3.38.